The second-order valence-corrected chi connectivity index (χ2v) is 10.9. The van der Waals surface area contributed by atoms with Gasteiger partial charge >= 0.3 is 5.97 Å². The Labute approximate surface area is 230 Å². The molecule has 39 heavy (non-hydrogen) atoms. The summed E-state index contributed by atoms with van der Waals surface area (Å²) in [7, 11) is 0. The number of benzene rings is 1. The van der Waals surface area contributed by atoms with Gasteiger partial charge in [-0.25, -0.2) is 13.8 Å². The number of amides is 1. The van der Waals surface area contributed by atoms with Crippen molar-refractivity contribution in [2.24, 2.45) is 17.8 Å². The molecule has 1 amide bonds. The molecule has 1 aliphatic heterocycles. The Morgan fingerprint density at radius 2 is 1.79 bits per heavy atom. The maximum atomic E-state index is 14.3. The number of piperidine rings is 1. The number of nitrogens with zero attached hydrogens (tertiary/aromatic N) is 5. The molecule has 0 bridgehead atoms. The van der Waals surface area contributed by atoms with Crippen molar-refractivity contribution >= 4 is 34.9 Å². The fraction of sp³-hybridized carbons (Fsp3) is 0.500. The molecule has 0 radical (unpaired) electrons. The summed E-state index contributed by atoms with van der Waals surface area (Å²) in [5.41, 5.74) is 1.22. The summed E-state index contributed by atoms with van der Waals surface area (Å²) < 4.78 is 35.3. The molecule has 3 heterocycles. The molecule has 2 fully saturated rings. The Balaban J connectivity index is 1.46. The van der Waals surface area contributed by atoms with E-state index in [0.717, 1.165) is 18.6 Å². The van der Waals surface area contributed by atoms with E-state index in [4.69, 9.17) is 16.3 Å². The van der Waals surface area contributed by atoms with E-state index in [1.54, 1.807) is 28.5 Å². The van der Waals surface area contributed by atoms with Crippen molar-refractivity contribution < 1.29 is 23.1 Å². The third-order valence-corrected chi connectivity index (χ3v) is 8.02. The van der Waals surface area contributed by atoms with Crippen LogP contribution >= 0.6 is 11.6 Å². The van der Waals surface area contributed by atoms with Gasteiger partial charge in [-0.15, -0.1) is 0 Å². The largest absolute Gasteiger partial charge is 0.466 e. The number of anilines is 1. The Morgan fingerprint density at radius 3 is 2.38 bits per heavy atom. The van der Waals surface area contributed by atoms with Gasteiger partial charge in [0.2, 0.25) is 0 Å². The molecule has 11 heteroatoms. The van der Waals surface area contributed by atoms with Crippen LogP contribution in [0.2, 0.25) is 5.02 Å². The third kappa shape index (κ3) is 5.18. The van der Waals surface area contributed by atoms with Crippen LogP contribution in [0.4, 0.5) is 14.6 Å². The van der Waals surface area contributed by atoms with Crippen LogP contribution < -0.4 is 4.90 Å². The lowest BCUT2D eigenvalue weighted by Gasteiger charge is -2.29. The number of rotatable bonds is 9. The van der Waals surface area contributed by atoms with Crippen molar-refractivity contribution in [1.82, 2.24) is 19.5 Å². The highest BCUT2D eigenvalue weighted by molar-refractivity contribution is 6.31. The molecule has 2 aliphatic rings. The molecular formula is C28H32ClF2N5O3. The number of carbonyl (C=O) groups is 2. The summed E-state index contributed by atoms with van der Waals surface area (Å²) >= 11 is 5.70. The molecule has 1 aromatic carbocycles. The van der Waals surface area contributed by atoms with E-state index in [9.17, 15) is 18.4 Å². The quantitative estimate of drug-likeness (QED) is 0.264. The maximum absolute atomic E-state index is 14.3. The predicted octanol–water partition coefficient (Wildman–Crippen LogP) is 5.22. The highest BCUT2D eigenvalue weighted by atomic mass is 35.5. The van der Waals surface area contributed by atoms with E-state index in [-0.39, 0.29) is 35.1 Å². The summed E-state index contributed by atoms with van der Waals surface area (Å²) in [6.45, 7) is 10.2. The number of ether oxygens (including phenoxy) is 1. The van der Waals surface area contributed by atoms with Crippen molar-refractivity contribution in [3.63, 3.8) is 0 Å². The first-order chi connectivity index (χ1) is 18.6. The van der Waals surface area contributed by atoms with Gasteiger partial charge in [-0.1, -0.05) is 18.5 Å². The lowest BCUT2D eigenvalue weighted by molar-refractivity contribution is -0.143. The van der Waals surface area contributed by atoms with Crippen LogP contribution in [0.25, 0.3) is 16.9 Å². The Kier molecular flexibility index (Phi) is 7.50. The first-order valence-electron chi connectivity index (χ1n) is 13.4. The number of halogens is 3. The first-order valence-corrected chi connectivity index (χ1v) is 13.8. The Bertz CT molecular complexity index is 1390. The van der Waals surface area contributed by atoms with Crippen molar-refractivity contribution in [3.8, 4) is 11.3 Å². The van der Waals surface area contributed by atoms with Crippen molar-refractivity contribution in [2.75, 3.05) is 31.1 Å². The lowest BCUT2D eigenvalue weighted by Crippen LogP contribution is -2.34. The second-order valence-electron chi connectivity index (χ2n) is 10.6. The monoisotopic (exact) mass is 559 g/mol. The van der Waals surface area contributed by atoms with Crippen molar-refractivity contribution in [3.05, 3.63) is 46.6 Å². The average Bonchev–Trinajstić information content (AvgIpc) is 3.24. The van der Waals surface area contributed by atoms with E-state index >= 15 is 0 Å². The highest BCUT2D eigenvalue weighted by Crippen LogP contribution is 2.53. The number of esters is 1. The standard InChI is InChI=1S/C28H32ClF2N5O3/c1-5-7-35(15(3)4)25-12-22(16-8-20(30)27(29)21(31)9-16)32-24-11-23(33-36(24)25)28(38)34-13-18-17(19(18)14-34)10-26(37)39-6-2/h8-9,11-12,15,17-19H,5-7,10,13-14H2,1-4H3/t17?,18-,19?/m1/s1. The predicted molar refractivity (Wildman–Crippen MR) is 144 cm³/mol. The fourth-order valence-electron chi connectivity index (χ4n) is 5.69. The number of aromatic nitrogens is 3. The van der Waals surface area contributed by atoms with Crippen LogP contribution in [-0.4, -0.2) is 63.7 Å². The van der Waals surface area contributed by atoms with Gasteiger partial charge in [-0.05, 0) is 57.1 Å². The summed E-state index contributed by atoms with van der Waals surface area (Å²) in [6.07, 6.45) is 1.25. The molecular weight excluding hydrogens is 528 g/mol. The van der Waals surface area contributed by atoms with Crippen molar-refractivity contribution in [2.45, 2.75) is 46.6 Å². The molecule has 3 atom stereocenters. The van der Waals surface area contributed by atoms with Gasteiger partial charge in [0.1, 0.15) is 22.5 Å². The second kappa shape index (κ2) is 10.7. The average molecular weight is 560 g/mol. The molecule has 208 valence electrons. The molecule has 5 rings (SSSR count). The van der Waals surface area contributed by atoms with E-state index < -0.39 is 16.7 Å². The van der Waals surface area contributed by atoms with E-state index in [0.29, 0.717) is 61.7 Å². The molecule has 3 aromatic rings. The van der Waals surface area contributed by atoms with Gasteiger partial charge in [0, 0.05) is 49.8 Å². The number of hydrogen-bond donors (Lipinski definition) is 0. The number of carbonyl (C=O) groups excluding carboxylic acids is 2. The minimum absolute atomic E-state index is 0.0902. The normalized spacial score (nSPS) is 20.0. The number of likely N-dealkylation sites (tertiary alicyclic amines) is 1. The van der Waals surface area contributed by atoms with Gasteiger partial charge in [0.15, 0.2) is 11.3 Å². The van der Waals surface area contributed by atoms with Gasteiger partial charge in [-0.3, -0.25) is 9.59 Å². The molecule has 0 spiro atoms. The third-order valence-electron chi connectivity index (χ3n) is 7.66. The van der Waals surface area contributed by atoms with Gasteiger partial charge in [-0.2, -0.15) is 9.61 Å². The molecule has 8 nitrogen and oxygen atoms in total. The van der Waals surface area contributed by atoms with E-state index in [2.05, 4.69) is 21.9 Å². The van der Waals surface area contributed by atoms with Crippen molar-refractivity contribution in [1.29, 1.82) is 0 Å². The molecule has 1 aliphatic carbocycles. The summed E-state index contributed by atoms with van der Waals surface area (Å²) in [5.74, 6) is -0.612. The Hall–Kier alpha value is -3.27. The smallest absolute Gasteiger partial charge is 0.306 e. The minimum Gasteiger partial charge on any atom is -0.466 e. The SMILES string of the molecule is CCCN(c1cc(-c2cc(F)c(Cl)c(F)c2)nc2cc(C(=O)N3CC4C(CC(=O)OCC)[C@H]4C3)nn12)C(C)C. The van der Waals surface area contributed by atoms with E-state index in [1.165, 1.54) is 0 Å². The minimum atomic E-state index is -0.873. The zero-order valence-corrected chi connectivity index (χ0v) is 23.2. The van der Waals surface area contributed by atoms with E-state index in [1.807, 2.05) is 13.8 Å². The lowest BCUT2D eigenvalue weighted by atomic mass is 10.1. The number of hydrogen-bond acceptors (Lipinski definition) is 6. The van der Waals surface area contributed by atoms with Gasteiger partial charge < -0.3 is 14.5 Å². The maximum Gasteiger partial charge on any atom is 0.306 e. The van der Waals surface area contributed by atoms with Crippen LogP contribution in [0.5, 0.6) is 0 Å². The molecule has 1 saturated carbocycles. The number of fused-ring (bicyclic) bond motifs is 2. The summed E-state index contributed by atoms with van der Waals surface area (Å²) in [6, 6.07) is 5.74. The van der Waals surface area contributed by atoms with Gasteiger partial charge in [0.05, 0.1) is 12.3 Å². The van der Waals surface area contributed by atoms with Crippen LogP contribution in [0.15, 0.2) is 24.3 Å². The van der Waals surface area contributed by atoms with Crippen LogP contribution in [0, 0.1) is 29.4 Å². The zero-order valence-electron chi connectivity index (χ0n) is 22.5. The topological polar surface area (TPSA) is 80.0 Å². The van der Waals surface area contributed by atoms with Crippen LogP contribution in [-0.2, 0) is 9.53 Å². The summed E-state index contributed by atoms with van der Waals surface area (Å²) in [5, 5.41) is 4.07. The summed E-state index contributed by atoms with van der Waals surface area (Å²) in [4.78, 5) is 33.8. The van der Waals surface area contributed by atoms with Crippen LogP contribution in [0.1, 0.15) is 51.0 Å². The first kappa shape index (κ1) is 27.3. The molecule has 2 unspecified atom stereocenters. The zero-order chi connectivity index (χ0) is 28.0. The molecule has 1 saturated heterocycles. The molecule has 0 N–H and O–H groups in total. The van der Waals surface area contributed by atoms with Gasteiger partial charge in [0.25, 0.3) is 5.91 Å². The fourth-order valence-corrected chi connectivity index (χ4v) is 5.80. The Morgan fingerprint density at radius 1 is 1.13 bits per heavy atom. The van der Waals surface area contributed by atoms with Crippen LogP contribution in [0.3, 0.4) is 0 Å². The highest BCUT2D eigenvalue weighted by Gasteiger charge is 2.57. The molecule has 2 aromatic heterocycles.